The van der Waals surface area contributed by atoms with Crippen molar-refractivity contribution in [3.05, 3.63) is 57.3 Å². The van der Waals surface area contributed by atoms with Crippen molar-refractivity contribution in [3.8, 4) is 6.07 Å². The number of halogens is 2. The monoisotopic (exact) mass is 330 g/mol. The zero-order valence-corrected chi connectivity index (χ0v) is 13.4. The first kappa shape index (κ1) is 14.8. The molecule has 3 rings (SSSR count). The van der Waals surface area contributed by atoms with Crippen molar-refractivity contribution in [1.82, 2.24) is 14.8 Å². The Morgan fingerprint density at radius 1 is 1.18 bits per heavy atom. The van der Waals surface area contributed by atoms with Gasteiger partial charge in [-0.05, 0) is 31.2 Å². The van der Waals surface area contributed by atoms with Crippen LogP contribution in [0.4, 0.5) is 0 Å². The normalized spacial score (nSPS) is 10.8. The summed E-state index contributed by atoms with van der Waals surface area (Å²) < 4.78 is 1.78. The van der Waals surface area contributed by atoms with E-state index in [0.29, 0.717) is 16.6 Å². The van der Waals surface area contributed by atoms with Gasteiger partial charge < -0.3 is 0 Å². The Bertz CT molecular complexity index is 873. The van der Waals surface area contributed by atoms with E-state index in [9.17, 15) is 0 Å². The molecule has 2 heterocycles. The molecule has 110 valence electrons. The zero-order chi connectivity index (χ0) is 15.7. The van der Waals surface area contributed by atoms with Gasteiger partial charge in [0, 0.05) is 21.0 Å². The standard InChI is InChI=1S/C16H12Cl2N4/c1-10-12-6-5-11(7-8-19)20-16(12)22(21-10)9-13-14(17)3-2-4-15(13)18/h2-6H,7,9H2,1H3. The van der Waals surface area contributed by atoms with E-state index in [1.165, 1.54) is 0 Å². The molecule has 1 aromatic carbocycles. The lowest BCUT2D eigenvalue weighted by Crippen LogP contribution is -2.05. The third-order valence-electron chi connectivity index (χ3n) is 3.47. The summed E-state index contributed by atoms with van der Waals surface area (Å²) in [5, 5.41) is 15.5. The average Bonchev–Trinajstić information content (AvgIpc) is 2.80. The van der Waals surface area contributed by atoms with E-state index in [-0.39, 0.29) is 6.42 Å². The van der Waals surface area contributed by atoms with Crippen LogP contribution >= 0.6 is 23.2 Å². The van der Waals surface area contributed by atoms with Gasteiger partial charge in [0.1, 0.15) is 0 Å². The van der Waals surface area contributed by atoms with Gasteiger partial charge in [0.2, 0.25) is 0 Å². The largest absolute Gasteiger partial charge is 0.242 e. The van der Waals surface area contributed by atoms with Gasteiger partial charge in [0.05, 0.1) is 30.4 Å². The number of rotatable bonds is 3. The summed E-state index contributed by atoms with van der Waals surface area (Å²) in [6.45, 7) is 2.37. The SMILES string of the molecule is Cc1nn(Cc2c(Cl)cccc2Cl)c2nc(CC#N)ccc12. The lowest BCUT2D eigenvalue weighted by atomic mass is 10.2. The van der Waals surface area contributed by atoms with Crippen LogP contribution in [0, 0.1) is 18.3 Å². The van der Waals surface area contributed by atoms with Gasteiger partial charge in [-0.3, -0.25) is 0 Å². The molecule has 0 bridgehead atoms. The number of aryl methyl sites for hydroxylation is 1. The summed E-state index contributed by atoms with van der Waals surface area (Å²) in [7, 11) is 0. The predicted octanol–water partition coefficient (Wildman–Crippen LogP) is 4.16. The first-order chi connectivity index (χ1) is 10.6. The number of aromatic nitrogens is 3. The molecule has 22 heavy (non-hydrogen) atoms. The van der Waals surface area contributed by atoms with Crippen molar-refractivity contribution >= 4 is 34.2 Å². The second-order valence-corrected chi connectivity index (χ2v) is 5.77. The number of benzene rings is 1. The number of nitrogens with zero attached hydrogens (tertiary/aromatic N) is 4. The Morgan fingerprint density at radius 2 is 1.91 bits per heavy atom. The van der Waals surface area contributed by atoms with Crippen LogP contribution < -0.4 is 0 Å². The van der Waals surface area contributed by atoms with Crippen LogP contribution in [0.15, 0.2) is 30.3 Å². The highest BCUT2D eigenvalue weighted by Gasteiger charge is 2.13. The number of pyridine rings is 1. The second kappa shape index (κ2) is 5.96. The zero-order valence-electron chi connectivity index (χ0n) is 11.8. The van der Waals surface area contributed by atoms with Crippen molar-refractivity contribution in [2.45, 2.75) is 19.9 Å². The highest BCUT2D eigenvalue weighted by Crippen LogP contribution is 2.26. The Labute approximate surface area is 137 Å². The average molecular weight is 331 g/mol. The quantitative estimate of drug-likeness (QED) is 0.724. The van der Waals surface area contributed by atoms with Crippen LogP contribution in [0.2, 0.25) is 10.0 Å². The molecular weight excluding hydrogens is 319 g/mol. The van der Waals surface area contributed by atoms with E-state index in [4.69, 9.17) is 28.5 Å². The molecule has 0 saturated heterocycles. The molecule has 0 atom stereocenters. The predicted molar refractivity (Wildman–Crippen MR) is 87.1 cm³/mol. The van der Waals surface area contributed by atoms with Crippen molar-refractivity contribution in [1.29, 1.82) is 5.26 Å². The van der Waals surface area contributed by atoms with Gasteiger partial charge in [-0.15, -0.1) is 0 Å². The maximum Gasteiger partial charge on any atom is 0.158 e. The third kappa shape index (κ3) is 2.66. The minimum atomic E-state index is 0.271. The number of fused-ring (bicyclic) bond motifs is 1. The first-order valence-electron chi connectivity index (χ1n) is 6.73. The van der Waals surface area contributed by atoms with E-state index in [0.717, 1.165) is 28.0 Å². The fourth-order valence-electron chi connectivity index (χ4n) is 2.37. The topological polar surface area (TPSA) is 54.5 Å². The summed E-state index contributed by atoms with van der Waals surface area (Å²) in [5.41, 5.74) is 3.15. The first-order valence-corrected chi connectivity index (χ1v) is 7.48. The number of hydrogen-bond donors (Lipinski definition) is 0. The van der Waals surface area contributed by atoms with E-state index < -0.39 is 0 Å². The molecule has 0 N–H and O–H groups in total. The number of nitriles is 1. The summed E-state index contributed by atoms with van der Waals surface area (Å²) in [5.74, 6) is 0. The van der Waals surface area contributed by atoms with Gasteiger partial charge in [-0.25, -0.2) is 9.67 Å². The Hall–Kier alpha value is -2.09. The van der Waals surface area contributed by atoms with Crippen LogP contribution in [0.1, 0.15) is 17.0 Å². The molecule has 0 aliphatic carbocycles. The highest BCUT2D eigenvalue weighted by atomic mass is 35.5. The molecule has 3 aromatic rings. The fourth-order valence-corrected chi connectivity index (χ4v) is 2.89. The smallest absolute Gasteiger partial charge is 0.158 e. The van der Waals surface area contributed by atoms with Crippen molar-refractivity contribution in [2.75, 3.05) is 0 Å². The van der Waals surface area contributed by atoms with Crippen molar-refractivity contribution in [3.63, 3.8) is 0 Å². The molecule has 4 nitrogen and oxygen atoms in total. The minimum Gasteiger partial charge on any atom is -0.242 e. The molecule has 0 saturated carbocycles. The highest BCUT2D eigenvalue weighted by molar-refractivity contribution is 6.36. The fraction of sp³-hybridized carbons (Fsp3) is 0.188. The summed E-state index contributed by atoms with van der Waals surface area (Å²) >= 11 is 12.5. The molecule has 0 aliphatic rings. The van der Waals surface area contributed by atoms with Gasteiger partial charge in [0.15, 0.2) is 5.65 Å². The number of hydrogen-bond acceptors (Lipinski definition) is 3. The molecule has 2 aromatic heterocycles. The molecular formula is C16H12Cl2N4. The molecule has 0 spiro atoms. The maximum atomic E-state index is 8.83. The molecule has 0 fully saturated rings. The summed E-state index contributed by atoms with van der Waals surface area (Å²) in [6, 6.07) is 11.3. The Balaban J connectivity index is 2.11. The van der Waals surface area contributed by atoms with Gasteiger partial charge in [-0.2, -0.15) is 10.4 Å². The van der Waals surface area contributed by atoms with Crippen LogP contribution in [-0.2, 0) is 13.0 Å². The van der Waals surface area contributed by atoms with E-state index in [2.05, 4.69) is 16.2 Å². The summed E-state index contributed by atoms with van der Waals surface area (Å²) in [4.78, 5) is 4.53. The third-order valence-corrected chi connectivity index (χ3v) is 4.18. The van der Waals surface area contributed by atoms with Crippen LogP contribution in [0.25, 0.3) is 11.0 Å². The molecule has 0 aliphatic heterocycles. The van der Waals surface area contributed by atoms with Crippen LogP contribution in [0.3, 0.4) is 0 Å². The van der Waals surface area contributed by atoms with Crippen LogP contribution in [-0.4, -0.2) is 14.8 Å². The van der Waals surface area contributed by atoms with E-state index >= 15 is 0 Å². The maximum absolute atomic E-state index is 8.83. The van der Waals surface area contributed by atoms with Gasteiger partial charge in [-0.1, -0.05) is 29.3 Å². The molecule has 0 radical (unpaired) electrons. The Morgan fingerprint density at radius 3 is 2.59 bits per heavy atom. The second-order valence-electron chi connectivity index (χ2n) is 4.95. The van der Waals surface area contributed by atoms with E-state index in [1.54, 1.807) is 16.8 Å². The van der Waals surface area contributed by atoms with E-state index in [1.807, 2.05) is 25.1 Å². The molecule has 0 unspecified atom stereocenters. The van der Waals surface area contributed by atoms with Crippen molar-refractivity contribution in [2.24, 2.45) is 0 Å². The summed E-state index contributed by atoms with van der Waals surface area (Å²) in [6.07, 6.45) is 0.271. The molecule has 0 amide bonds. The molecule has 6 heteroatoms. The van der Waals surface area contributed by atoms with Gasteiger partial charge >= 0.3 is 0 Å². The lowest BCUT2D eigenvalue weighted by molar-refractivity contribution is 0.695. The minimum absolute atomic E-state index is 0.271. The van der Waals surface area contributed by atoms with Crippen molar-refractivity contribution < 1.29 is 0 Å². The lowest BCUT2D eigenvalue weighted by Gasteiger charge is -2.08. The van der Waals surface area contributed by atoms with Crippen LogP contribution in [0.5, 0.6) is 0 Å². The van der Waals surface area contributed by atoms with Gasteiger partial charge in [0.25, 0.3) is 0 Å². The Kier molecular flexibility index (Phi) is 4.02.